The summed E-state index contributed by atoms with van der Waals surface area (Å²) in [4.78, 5) is 2.29. The minimum Gasteiger partial charge on any atom is -0.383 e. The van der Waals surface area contributed by atoms with Crippen LogP contribution in [-0.4, -0.2) is 37.7 Å². The predicted octanol–water partition coefficient (Wildman–Crippen LogP) is 1.85. The Labute approximate surface area is 108 Å². The van der Waals surface area contributed by atoms with E-state index >= 15 is 0 Å². The number of methoxy groups -OCH3 is 1. The largest absolute Gasteiger partial charge is 0.383 e. The number of hydrogen-bond acceptors (Lipinski definition) is 3. The minimum atomic E-state index is -0.193. The lowest BCUT2D eigenvalue weighted by molar-refractivity contribution is 0.138. The summed E-state index contributed by atoms with van der Waals surface area (Å²) < 4.78 is 18.5. The molecule has 1 aliphatic heterocycles. The molecule has 1 aromatic rings. The highest BCUT2D eigenvalue weighted by atomic mass is 19.1. The highest BCUT2D eigenvalue weighted by Gasteiger charge is 2.33. The van der Waals surface area contributed by atoms with Gasteiger partial charge in [-0.05, 0) is 36.6 Å². The zero-order valence-corrected chi connectivity index (χ0v) is 11.0. The van der Waals surface area contributed by atoms with Gasteiger partial charge in [0.15, 0.2) is 0 Å². The summed E-state index contributed by atoms with van der Waals surface area (Å²) in [5, 5.41) is 0. The normalized spacial score (nSPS) is 24.7. The molecular formula is C14H21FN2O. The average molecular weight is 252 g/mol. The maximum absolute atomic E-state index is 13.4. The Morgan fingerprint density at radius 2 is 2.28 bits per heavy atom. The number of likely N-dealkylation sites (tertiary alicyclic amines) is 1. The molecule has 2 rings (SSSR count). The van der Waals surface area contributed by atoms with E-state index in [0.717, 1.165) is 30.6 Å². The number of aryl methyl sites for hydroxylation is 1. The van der Waals surface area contributed by atoms with Gasteiger partial charge in [-0.3, -0.25) is 4.90 Å². The van der Waals surface area contributed by atoms with Gasteiger partial charge in [-0.25, -0.2) is 4.39 Å². The number of hydrogen-bond donors (Lipinski definition) is 1. The fourth-order valence-electron chi connectivity index (χ4n) is 2.70. The molecule has 1 aliphatic rings. The molecule has 100 valence electrons. The van der Waals surface area contributed by atoms with Gasteiger partial charge in [0.25, 0.3) is 0 Å². The van der Waals surface area contributed by atoms with E-state index in [1.54, 1.807) is 13.2 Å². The predicted molar refractivity (Wildman–Crippen MR) is 69.9 cm³/mol. The first-order valence-corrected chi connectivity index (χ1v) is 6.38. The number of nitrogens with zero attached hydrogens (tertiary/aromatic N) is 1. The summed E-state index contributed by atoms with van der Waals surface area (Å²) in [6, 6.07) is 5.12. The molecule has 0 radical (unpaired) electrons. The van der Waals surface area contributed by atoms with Crippen molar-refractivity contribution in [2.45, 2.75) is 25.4 Å². The van der Waals surface area contributed by atoms with Crippen molar-refractivity contribution < 1.29 is 9.13 Å². The van der Waals surface area contributed by atoms with Crippen LogP contribution in [0.1, 0.15) is 23.6 Å². The van der Waals surface area contributed by atoms with Crippen LogP contribution in [-0.2, 0) is 4.74 Å². The van der Waals surface area contributed by atoms with E-state index in [4.69, 9.17) is 10.5 Å². The maximum atomic E-state index is 13.4. The third kappa shape index (κ3) is 2.71. The number of ether oxygens (including phenoxy) is 1. The van der Waals surface area contributed by atoms with E-state index in [2.05, 4.69) is 4.90 Å². The molecule has 2 atom stereocenters. The van der Waals surface area contributed by atoms with Gasteiger partial charge in [0, 0.05) is 26.2 Å². The zero-order valence-electron chi connectivity index (χ0n) is 11.0. The molecule has 0 aliphatic carbocycles. The Morgan fingerprint density at radius 1 is 1.50 bits per heavy atom. The van der Waals surface area contributed by atoms with Crippen LogP contribution in [0.3, 0.4) is 0 Å². The summed E-state index contributed by atoms with van der Waals surface area (Å²) in [6.45, 7) is 4.47. The van der Waals surface area contributed by atoms with E-state index in [0.29, 0.717) is 6.61 Å². The van der Waals surface area contributed by atoms with Crippen LogP contribution < -0.4 is 5.73 Å². The number of halogens is 1. The summed E-state index contributed by atoms with van der Waals surface area (Å²) >= 11 is 0. The molecule has 1 aromatic carbocycles. The molecule has 1 saturated heterocycles. The van der Waals surface area contributed by atoms with E-state index in [9.17, 15) is 4.39 Å². The zero-order chi connectivity index (χ0) is 13.1. The van der Waals surface area contributed by atoms with Crippen LogP contribution in [0.2, 0.25) is 0 Å². The number of nitrogens with two attached hydrogens (primary N) is 1. The minimum absolute atomic E-state index is 0.0716. The van der Waals surface area contributed by atoms with Crippen LogP contribution >= 0.6 is 0 Å². The SMILES string of the molecule is COCCN1CCC(N)C1c1cc(F)ccc1C. The van der Waals surface area contributed by atoms with Crippen molar-refractivity contribution in [2.75, 3.05) is 26.8 Å². The molecule has 3 nitrogen and oxygen atoms in total. The van der Waals surface area contributed by atoms with Crippen molar-refractivity contribution in [1.29, 1.82) is 0 Å². The summed E-state index contributed by atoms with van der Waals surface area (Å²) in [7, 11) is 1.69. The third-order valence-corrected chi connectivity index (χ3v) is 3.69. The van der Waals surface area contributed by atoms with Crippen molar-refractivity contribution >= 4 is 0 Å². The highest BCUT2D eigenvalue weighted by molar-refractivity contribution is 5.31. The van der Waals surface area contributed by atoms with Crippen LogP contribution in [0.25, 0.3) is 0 Å². The Kier molecular flexibility index (Phi) is 4.32. The molecule has 0 bridgehead atoms. The van der Waals surface area contributed by atoms with Crippen LogP contribution in [0.4, 0.5) is 4.39 Å². The lowest BCUT2D eigenvalue weighted by Crippen LogP contribution is -2.34. The van der Waals surface area contributed by atoms with Gasteiger partial charge in [-0.1, -0.05) is 6.07 Å². The smallest absolute Gasteiger partial charge is 0.123 e. The van der Waals surface area contributed by atoms with E-state index < -0.39 is 0 Å². The molecule has 1 heterocycles. The molecular weight excluding hydrogens is 231 g/mol. The molecule has 2 N–H and O–H groups in total. The van der Waals surface area contributed by atoms with Crippen molar-refractivity contribution in [3.05, 3.63) is 35.1 Å². The third-order valence-electron chi connectivity index (χ3n) is 3.69. The first-order valence-electron chi connectivity index (χ1n) is 6.38. The number of benzene rings is 1. The maximum Gasteiger partial charge on any atom is 0.123 e. The summed E-state index contributed by atoms with van der Waals surface area (Å²) in [5.41, 5.74) is 8.30. The van der Waals surface area contributed by atoms with Crippen LogP contribution in [0.15, 0.2) is 18.2 Å². The first-order chi connectivity index (χ1) is 8.63. The van der Waals surface area contributed by atoms with Crippen molar-refractivity contribution in [1.82, 2.24) is 4.90 Å². The second kappa shape index (κ2) is 5.78. The quantitative estimate of drug-likeness (QED) is 0.889. The van der Waals surface area contributed by atoms with Gasteiger partial charge in [0.1, 0.15) is 5.82 Å². The Morgan fingerprint density at radius 3 is 3.00 bits per heavy atom. The van der Waals surface area contributed by atoms with E-state index in [1.165, 1.54) is 6.07 Å². The van der Waals surface area contributed by atoms with Crippen molar-refractivity contribution in [2.24, 2.45) is 5.73 Å². The van der Waals surface area contributed by atoms with Crippen molar-refractivity contribution in [3.8, 4) is 0 Å². The molecule has 0 spiro atoms. The first kappa shape index (κ1) is 13.5. The lowest BCUT2D eigenvalue weighted by Gasteiger charge is -2.28. The topological polar surface area (TPSA) is 38.5 Å². The molecule has 4 heteroatoms. The van der Waals surface area contributed by atoms with Gasteiger partial charge in [0.2, 0.25) is 0 Å². The molecule has 18 heavy (non-hydrogen) atoms. The fraction of sp³-hybridized carbons (Fsp3) is 0.571. The van der Waals surface area contributed by atoms with Crippen LogP contribution in [0.5, 0.6) is 0 Å². The number of rotatable bonds is 4. The highest BCUT2D eigenvalue weighted by Crippen LogP contribution is 2.33. The van der Waals surface area contributed by atoms with E-state index in [-0.39, 0.29) is 17.9 Å². The van der Waals surface area contributed by atoms with Gasteiger partial charge < -0.3 is 10.5 Å². The molecule has 0 amide bonds. The fourth-order valence-corrected chi connectivity index (χ4v) is 2.70. The van der Waals surface area contributed by atoms with Gasteiger partial charge in [-0.2, -0.15) is 0 Å². The van der Waals surface area contributed by atoms with Gasteiger partial charge in [-0.15, -0.1) is 0 Å². The second-order valence-corrected chi connectivity index (χ2v) is 4.93. The summed E-state index contributed by atoms with van der Waals surface area (Å²) in [5.74, 6) is -0.193. The lowest BCUT2D eigenvalue weighted by atomic mass is 9.96. The molecule has 2 unspecified atom stereocenters. The Hall–Kier alpha value is -0.970. The van der Waals surface area contributed by atoms with Crippen LogP contribution in [0, 0.1) is 12.7 Å². The average Bonchev–Trinajstić information content (AvgIpc) is 2.71. The van der Waals surface area contributed by atoms with Gasteiger partial charge >= 0.3 is 0 Å². The summed E-state index contributed by atoms with van der Waals surface area (Å²) in [6.07, 6.45) is 0.949. The Balaban J connectivity index is 2.24. The van der Waals surface area contributed by atoms with Gasteiger partial charge in [0.05, 0.1) is 12.6 Å². The molecule has 0 saturated carbocycles. The second-order valence-electron chi connectivity index (χ2n) is 4.93. The van der Waals surface area contributed by atoms with E-state index in [1.807, 2.05) is 13.0 Å². The van der Waals surface area contributed by atoms with Crippen molar-refractivity contribution in [3.63, 3.8) is 0 Å². The Bertz CT molecular complexity index is 411. The molecule has 1 fully saturated rings. The monoisotopic (exact) mass is 252 g/mol. The molecule has 0 aromatic heterocycles. The standard InChI is InChI=1S/C14H21FN2O/c1-10-3-4-11(15)9-12(10)14-13(16)5-6-17(14)7-8-18-2/h3-4,9,13-14H,5-8,16H2,1-2H3.